The molecule has 0 aliphatic carbocycles. The van der Waals surface area contributed by atoms with Crippen LogP contribution < -0.4 is 21.9 Å². The predicted octanol–water partition coefficient (Wildman–Crippen LogP) is 0.767. The first-order valence-electron chi connectivity index (χ1n) is 8.85. The summed E-state index contributed by atoms with van der Waals surface area (Å²) < 4.78 is 5.84. The van der Waals surface area contributed by atoms with Crippen molar-refractivity contribution in [1.29, 1.82) is 0 Å². The zero-order valence-corrected chi connectivity index (χ0v) is 16.0. The molecule has 10 nitrogen and oxygen atoms in total. The minimum absolute atomic E-state index is 0.0424. The van der Waals surface area contributed by atoms with E-state index >= 15 is 0 Å². The lowest BCUT2D eigenvalue weighted by molar-refractivity contribution is 0.0594. The number of nitrogens with two attached hydrogens (primary N) is 1. The van der Waals surface area contributed by atoms with E-state index in [0.717, 1.165) is 11.3 Å². The normalized spacial score (nSPS) is 10.5. The second-order valence-electron chi connectivity index (χ2n) is 5.95. The van der Waals surface area contributed by atoms with Crippen molar-refractivity contribution in [1.82, 2.24) is 14.5 Å². The Hall–Kier alpha value is -3.43. The zero-order chi connectivity index (χ0) is 20.8. The van der Waals surface area contributed by atoms with Crippen molar-refractivity contribution in [2.24, 2.45) is 0 Å². The number of nitrogens with zero attached hydrogens (tertiary/aromatic N) is 3. The number of unbranched alkanes of at least 4 members (excludes halogenated alkanes) is 1. The summed E-state index contributed by atoms with van der Waals surface area (Å²) in [6.07, 6.45) is 1.50. The highest BCUT2D eigenvalue weighted by molar-refractivity contribution is 6.06. The maximum atomic E-state index is 13.0. The molecule has 0 fully saturated rings. The van der Waals surface area contributed by atoms with Gasteiger partial charge in [0.2, 0.25) is 0 Å². The molecule has 0 saturated carbocycles. The van der Waals surface area contributed by atoms with Crippen LogP contribution in [0.5, 0.6) is 0 Å². The summed E-state index contributed by atoms with van der Waals surface area (Å²) in [7, 11) is 1.20. The number of pyridine rings is 1. The second kappa shape index (κ2) is 8.98. The summed E-state index contributed by atoms with van der Waals surface area (Å²) in [4.78, 5) is 56.4. The molecule has 28 heavy (non-hydrogen) atoms. The van der Waals surface area contributed by atoms with Crippen LogP contribution >= 0.6 is 0 Å². The number of aromatic amines is 1. The maximum absolute atomic E-state index is 13.0. The van der Waals surface area contributed by atoms with Gasteiger partial charge >= 0.3 is 11.7 Å². The standard InChI is InChI=1S/C18H23N5O5/c1-4-6-10-23-14(19)13(15(24)21-18(23)27)22(5-2)16(25)11-8-7-9-12(20-11)17(26)28-3/h7-9H,4-6,10,19H2,1-3H3,(H,21,24,27). The van der Waals surface area contributed by atoms with Crippen molar-refractivity contribution in [3.8, 4) is 0 Å². The molecule has 1 amide bonds. The minimum atomic E-state index is -0.769. The number of esters is 1. The first-order chi connectivity index (χ1) is 13.3. The Kier molecular flexibility index (Phi) is 6.69. The fourth-order valence-corrected chi connectivity index (χ4v) is 2.69. The molecule has 10 heteroatoms. The average Bonchev–Trinajstić information content (AvgIpc) is 2.69. The van der Waals surface area contributed by atoms with E-state index in [4.69, 9.17) is 5.73 Å². The molecule has 0 spiro atoms. The van der Waals surface area contributed by atoms with Gasteiger partial charge in [0.25, 0.3) is 11.5 Å². The van der Waals surface area contributed by atoms with Gasteiger partial charge in [-0.25, -0.2) is 14.6 Å². The highest BCUT2D eigenvalue weighted by Crippen LogP contribution is 2.19. The lowest BCUT2D eigenvalue weighted by Gasteiger charge is -2.23. The molecule has 2 rings (SSSR count). The number of carbonyl (C=O) groups excluding carboxylic acids is 2. The van der Waals surface area contributed by atoms with E-state index in [1.807, 2.05) is 6.92 Å². The highest BCUT2D eigenvalue weighted by Gasteiger charge is 2.25. The van der Waals surface area contributed by atoms with Gasteiger partial charge in [-0.15, -0.1) is 0 Å². The summed E-state index contributed by atoms with van der Waals surface area (Å²) in [5.41, 5.74) is 4.44. The smallest absolute Gasteiger partial charge is 0.356 e. The number of H-pyrrole nitrogens is 1. The number of ether oxygens (including phenoxy) is 1. The number of carbonyl (C=O) groups is 2. The number of amides is 1. The third-order valence-electron chi connectivity index (χ3n) is 4.14. The SMILES string of the molecule is CCCCn1c(N)c(N(CC)C(=O)c2cccc(C(=O)OC)n2)c(=O)[nH]c1=O. The molecule has 2 aromatic rings. The summed E-state index contributed by atoms with van der Waals surface area (Å²) in [5.74, 6) is -1.42. The Morgan fingerprint density at radius 1 is 1.25 bits per heavy atom. The zero-order valence-electron chi connectivity index (χ0n) is 16.0. The molecule has 2 heterocycles. The van der Waals surface area contributed by atoms with Gasteiger partial charge in [0.1, 0.15) is 17.2 Å². The van der Waals surface area contributed by atoms with Crippen LogP contribution in [-0.4, -0.2) is 40.1 Å². The fraction of sp³-hybridized carbons (Fsp3) is 0.389. The molecule has 150 valence electrons. The van der Waals surface area contributed by atoms with Gasteiger partial charge in [0, 0.05) is 13.1 Å². The van der Waals surface area contributed by atoms with Crippen molar-refractivity contribution < 1.29 is 14.3 Å². The molecule has 0 aromatic carbocycles. The molecule has 0 atom stereocenters. The van der Waals surface area contributed by atoms with Gasteiger partial charge in [-0.3, -0.25) is 24.0 Å². The van der Waals surface area contributed by atoms with Gasteiger partial charge in [0.05, 0.1) is 7.11 Å². The number of anilines is 2. The van der Waals surface area contributed by atoms with Crippen LogP contribution in [0.4, 0.5) is 11.5 Å². The molecule has 0 aliphatic rings. The van der Waals surface area contributed by atoms with Crippen LogP contribution in [0.15, 0.2) is 27.8 Å². The Morgan fingerprint density at radius 2 is 1.93 bits per heavy atom. The number of hydrogen-bond acceptors (Lipinski definition) is 7. The summed E-state index contributed by atoms with van der Waals surface area (Å²) >= 11 is 0. The van der Waals surface area contributed by atoms with Gasteiger partial charge < -0.3 is 10.5 Å². The lowest BCUT2D eigenvalue weighted by Crippen LogP contribution is -2.41. The van der Waals surface area contributed by atoms with E-state index in [9.17, 15) is 19.2 Å². The van der Waals surface area contributed by atoms with Crippen molar-refractivity contribution in [2.45, 2.75) is 33.2 Å². The van der Waals surface area contributed by atoms with Gasteiger partial charge in [-0.1, -0.05) is 19.4 Å². The van der Waals surface area contributed by atoms with Crippen LogP contribution in [-0.2, 0) is 11.3 Å². The Balaban J connectivity index is 2.54. The molecule has 0 unspecified atom stereocenters. The monoisotopic (exact) mass is 389 g/mol. The maximum Gasteiger partial charge on any atom is 0.356 e. The van der Waals surface area contributed by atoms with E-state index in [0.29, 0.717) is 13.0 Å². The molecule has 0 aliphatic heterocycles. The van der Waals surface area contributed by atoms with Gasteiger partial charge in [-0.2, -0.15) is 0 Å². The largest absolute Gasteiger partial charge is 0.464 e. The van der Waals surface area contributed by atoms with E-state index < -0.39 is 23.1 Å². The molecule has 0 bridgehead atoms. The van der Waals surface area contributed by atoms with Crippen molar-refractivity contribution in [2.75, 3.05) is 24.3 Å². The number of hydrogen-bond donors (Lipinski definition) is 2. The number of nitrogen functional groups attached to an aromatic ring is 1. The molecular weight excluding hydrogens is 366 g/mol. The van der Waals surface area contributed by atoms with Crippen molar-refractivity contribution in [3.63, 3.8) is 0 Å². The van der Waals surface area contributed by atoms with Crippen LogP contribution in [0.1, 0.15) is 47.7 Å². The van der Waals surface area contributed by atoms with Crippen LogP contribution in [0, 0.1) is 0 Å². The van der Waals surface area contributed by atoms with Crippen LogP contribution in [0.3, 0.4) is 0 Å². The first kappa shape index (κ1) is 20.9. The summed E-state index contributed by atoms with van der Waals surface area (Å²) in [5, 5.41) is 0. The molecule has 3 N–H and O–H groups in total. The van der Waals surface area contributed by atoms with Crippen molar-refractivity contribution in [3.05, 3.63) is 50.4 Å². The highest BCUT2D eigenvalue weighted by atomic mass is 16.5. The summed E-state index contributed by atoms with van der Waals surface area (Å²) in [6.45, 7) is 4.02. The minimum Gasteiger partial charge on any atom is -0.464 e. The second-order valence-corrected chi connectivity index (χ2v) is 5.95. The number of rotatable bonds is 7. The Morgan fingerprint density at radius 3 is 2.54 bits per heavy atom. The van der Waals surface area contributed by atoms with E-state index in [1.54, 1.807) is 6.92 Å². The molecule has 0 saturated heterocycles. The third-order valence-corrected chi connectivity index (χ3v) is 4.14. The lowest BCUT2D eigenvalue weighted by atomic mass is 10.2. The first-order valence-corrected chi connectivity index (χ1v) is 8.85. The number of nitrogens with one attached hydrogen (secondary N) is 1. The van der Waals surface area contributed by atoms with E-state index in [2.05, 4.69) is 14.7 Å². The van der Waals surface area contributed by atoms with E-state index in [1.165, 1.54) is 29.9 Å². The topological polar surface area (TPSA) is 140 Å². The molecule has 2 aromatic heterocycles. The van der Waals surface area contributed by atoms with Gasteiger partial charge in [0.15, 0.2) is 5.69 Å². The van der Waals surface area contributed by atoms with Gasteiger partial charge in [-0.05, 0) is 25.5 Å². The number of aromatic nitrogens is 3. The fourth-order valence-electron chi connectivity index (χ4n) is 2.69. The quantitative estimate of drug-likeness (QED) is 0.666. The van der Waals surface area contributed by atoms with E-state index in [-0.39, 0.29) is 29.4 Å². The number of methoxy groups -OCH3 is 1. The Bertz CT molecular complexity index is 995. The Labute approximate surface area is 161 Å². The average molecular weight is 389 g/mol. The molecule has 0 radical (unpaired) electrons. The van der Waals surface area contributed by atoms with Crippen LogP contribution in [0.2, 0.25) is 0 Å². The summed E-state index contributed by atoms with van der Waals surface area (Å²) in [6, 6.07) is 4.30. The third kappa shape index (κ3) is 4.11. The van der Waals surface area contributed by atoms with Crippen molar-refractivity contribution >= 4 is 23.4 Å². The predicted molar refractivity (Wildman–Crippen MR) is 104 cm³/mol. The molecular formula is C18H23N5O5. The van der Waals surface area contributed by atoms with Crippen LogP contribution in [0.25, 0.3) is 0 Å².